The van der Waals surface area contributed by atoms with E-state index < -0.39 is 15.4 Å². The van der Waals surface area contributed by atoms with Crippen LogP contribution in [0.1, 0.15) is 24.8 Å². The van der Waals surface area contributed by atoms with Crippen LogP contribution in [0.3, 0.4) is 0 Å². The van der Waals surface area contributed by atoms with Gasteiger partial charge in [-0.3, -0.25) is 4.79 Å². The summed E-state index contributed by atoms with van der Waals surface area (Å²) >= 11 is 0. The van der Waals surface area contributed by atoms with E-state index in [0.717, 1.165) is 22.9 Å². The summed E-state index contributed by atoms with van der Waals surface area (Å²) in [7, 11) is -1.92. The van der Waals surface area contributed by atoms with Crippen molar-refractivity contribution in [2.24, 2.45) is 5.41 Å². The lowest BCUT2D eigenvalue weighted by Gasteiger charge is -2.27. The van der Waals surface area contributed by atoms with E-state index in [4.69, 9.17) is 4.74 Å². The lowest BCUT2D eigenvalue weighted by atomic mass is 9.79. The first-order valence-electron chi connectivity index (χ1n) is 9.01. The van der Waals surface area contributed by atoms with Gasteiger partial charge in [0.05, 0.1) is 18.8 Å². The second-order valence-corrected chi connectivity index (χ2v) is 9.12. The molecule has 6 heteroatoms. The predicted octanol–water partition coefficient (Wildman–Crippen LogP) is 3.16. The Balaban J connectivity index is 1.85. The van der Waals surface area contributed by atoms with Crippen molar-refractivity contribution in [1.82, 2.24) is 4.72 Å². The first-order valence-corrected chi connectivity index (χ1v) is 10.9. The number of methoxy groups -OCH3 is 1. The SMILES string of the molecule is COC(=O)[C@@]1(Cc2cccc(-c3ccccc3)c2)CC[C@H](NS(C)(=O)=O)C1. The molecule has 2 aromatic carbocycles. The van der Waals surface area contributed by atoms with E-state index in [0.29, 0.717) is 25.7 Å². The van der Waals surface area contributed by atoms with E-state index >= 15 is 0 Å². The summed E-state index contributed by atoms with van der Waals surface area (Å²) in [6.07, 6.45) is 3.35. The molecule has 0 aromatic heterocycles. The van der Waals surface area contributed by atoms with Crippen LogP contribution in [0.4, 0.5) is 0 Å². The van der Waals surface area contributed by atoms with Gasteiger partial charge < -0.3 is 4.74 Å². The van der Waals surface area contributed by atoms with Crippen LogP contribution in [0.25, 0.3) is 11.1 Å². The van der Waals surface area contributed by atoms with Crippen LogP contribution >= 0.6 is 0 Å². The second-order valence-electron chi connectivity index (χ2n) is 7.34. The van der Waals surface area contributed by atoms with Crippen LogP contribution in [0.15, 0.2) is 54.6 Å². The molecule has 0 bridgehead atoms. The maximum Gasteiger partial charge on any atom is 0.312 e. The van der Waals surface area contributed by atoms with Gasteiger partial charge in [0.2, 0.25) is 10.0 Å². The van der Waals surface area contributed by atoms with E-state index in [9.17, 15) is 13.2 Å². The van der Waals surface area contributed by atoms with Gasteiger partial charge in [-0.1, -0.05) is 54.6 Å². The molecule has 0 unspecified atom stereocenters. The fourth-order valence-electron chi connectivity index (χ4n) is 4.05. The zero-order valence-electron chi connectivity index (χ0n) is 15.6. The molecule has 0 heterocycles. The average Bonchev–Trinajstić information content (AvgIpc) is 3.03. The minimum absolute atomic E-state index is 0.239. The molecular formula is C21H25NO4S. The molecule has 1 aliphatic rings. The Bertz CT molecular complexity index is 911. The van der Waals surface area contributed by atoms with E-state index in [2.05, 4.69) is 22.9 Å². The van der Waals surface area contributed by atoms with Crippen molar-refractivity contribution in [2.75, 3.05) is 13.4 Å². The molecular weight excluding hydrogens is 362 g/mol. The zero-order valence-corrected chi connectivity index (χ0v) is 16.5. The van der Waals surface area contributed by atoms with Gasteiger partial charge in [-0.2, -0.15) is 0 Å². The molecule has 2 aromatic rings. The van der Waals surface area contributed by atoms with E-state index in [-0.39, 0.29) is 12.0 Å². The lowest BCUT2D eigenvalue weighted by molar-refractivity contribution is -0.152. The smallest absolute Gasteiger partial charge is 0.312 e. The third-order valence-electron chi connectivity index (χ3n) is 5.18. The van der Waals surface area contributed by atoms with E-state index in [1.165, 1.54) is 7.11 Å². The molecule has 144 valence electrons. The standard InChI is InChI=1S/C21H25NO4S/c1-26-20(23)21(12-11-19(15-21)22-27(2,24)25)14-16-7-6-10-18(13-16)17-8-4-3-5-9-17/h3-10,13,19,22H,11-12,14-15H2,1-2H3/t19-,21+/m0/s1. The van der Waals surface area contributed by atoms with Crippen molar-refractivity contribution in [3.63, 3.8) is 0 Å². The quantitative estimate of drug-likeness (QED) is 0.773. The number of esters is 1. The molecule has 0 radical (unpaired) electrons. The summed E-state index contributed by atoms with van der Waals surface area (Å²) in [4.78, 5) is 12.6. The van der Waals surface area contributed by atoms with Crippen molar-refractivity contribution in [3.8, 4) is 11.1 Å². The van der Waals surface area contributed by atoms with Gasteiger partial charge in [0.25, 0.3) is 0 Å². The van der Waals surface area contributed by atoms with Crippen molar-refractivity contribution in [3.05, 3.63) is 60.2 Å². The number of benzene rings is 2. The van der Waals surface area contributed by atoms with Crippen LogP contribution < -0.4 is 4.72 Å². The van der Waals surface area contributed by atoms with Gasteiger partial charge in [0, 0.05) is 6.04 Å². The lowest BCUT2D eigenvalue weighted by Crippen LogP contribution is -2.37. The molecule has 5 nitrogen and oxygen atoms in total. The number of nitrogens with one attached hydrogen (secondary N) is 1. The third kappa shape index (κ3) is 4.76. The molecule has 0 aliphatic heterocycles. The number of carbonyl (C=O) groups excluding carboxylic acids is 1. The van der Waals surface area contributed by atoms with Crippen molar-refractivity contribution < 1.29 is 17.9 Å². The highest BCUT2D eigenvalue weighted by atomic mass is 32.2. The van der Waals surface area contributed by atoms with E-state index in [1.807, 2.05) is 36.4 Å². The largest absolute Gasteiger partial charge is 0.469 e. The minimum Gasteiger partial charge on any atom is -0.469 e. The van der Waals surface area contributed by atoms with Crippen LogP contribution in [-0.4, -0.2) is 33.8 Å². The number of hydrogen-bond acceptors (Lipinski definition) is 4. The average molecular weight is 388 g/mol. The summed E-state index contributed by atoms with van der Waals surface area (Å²) in [5, 5.41) is 0. The first-order chi connectivity index (χ1) is 12.8. The Hall–Kier alpha value is -2.18. The Kier molecular flexibility index (Phi) is 5.67. The molecule has 2 atom stereocenters. The van der Waals surface area contributed by atoms with Crippen LogP contribution in [0, 0.1) is 5.41 Å². The summed E-state index contributed by atoms with van der Waals surface area (Å²) in [5.74, 6) is -0.273. The van der Waals surface area contributed by atoms with Crippen LogP contribution in [-0.2, 0) is 26.0 Å². The van der Waals surface area contributed by atoms with Gasteiger partial charge in [0.1, 0.15) is 0 Å². The Labute approximate surface area is 160 Å². The van der Waals surface area contributed by atoms with Gasteiger partial charge >= 0.3 is 5.97 Å². The van der Waals surface area contributed by atoms with E-state index in [1.54, 1.807) is 0 Å². The third-order valence-corrected chi connectivity index (χ3v) is 5.95. The predicted molar refractivity (Wildman–Crippen MR) is 106 cm³/mol. The fraction of sp³-hybridized carbons (Fsp3) is 0.381. The maximum atomic E-state index is 12.6. The number of ether oxygens (including phenoxy) is 1. The monoisotopic (exact) mass is 387 g/mol. The highest BCUT2D eigenvalue weighted by Crippen LogP contribution is 2.42. The van der Waals surface area contributed by atoms with Gasteiger partial charge in [-0.15, -0.1) is 0 Å². The molecule has 1 fully saturated rings. The number of hydrogen-bond donors (Lipinski definition) is 1. The van der Waals surface area contributed by atoms with Gasteiger partial charge in [-0.25, -0.2) is 13.1 Å². The van der Waals surface area contributed by atoms with Gasteiger partial charge in [0.15, 0.2) is 0 Å². The first kappa shape index (κ1) is 19.6. The topological polar surface area (TPSA) is 72.5 Å². The van der Waals surface area contributed by atoms with Gasteiger partial charge in [-0.05, 0) is 42.4 Å². The number of carbonyl (C=O) groups is 1. The number of rotatable bonds is 6. The second kappa shape index (κ2) is 7.82. The van der Waals surface area contributed by atoms with Crippen LogP contribution in [0.5, 0.6) is 0 Å². The minimum atomic E-state index is -3.31. The van der Waals surface area contributed by atoms with Crippen molar-refractivity contribution in [1.29, 1.82) is 0 Å². The number of sulfonamides is 1. The zero-order chi connectivity index (χ0) is 19.5. The molecule has 1 saturated carbocycles. The molecule has 0 saturated heterocycles. The summed E-state index contributed by atoms with van der Waals surface area (Å²) in [6, 6.07) is 18.0. The molecule has 0 amide bonds. The Morgan fingerprint density at radius 1 is 1.15 bits per heavy atom. The Morgan fingerprint density at radius 3 is 2.52 bits per heavy atom. The summed E-state index contributed by atoms with van der Waals surface area (Å²) in [5.41, 5.74) is 2.56. The summed E-state index contributed by atoms with van der Waals surface area (Å²) < 4.78 is 30.9. The van der Waals surface area contributed by atoms with Crippen LogP contribution in [0.2, 0.25) is 0 Å². The normalized spacial score (nSPS) is 22.5. The highest BCUT2D eigenvalue weighted by molar-refractivity contribution is 7.88. The maximum absolute atomic E-state index is 12.6. The molecule has 1 N–H and O–H groups in total. The van der Waals surface area contributed by atoms with Crippen molar-refractivity contribution >= 4 is 16.0 Å². The Morgan fingerprint density at radius 2 is 1.85 bits per heavy atom. The fourth-order valence-corrected chi connectivity index (χ4v) is 4.85. The molecule has 3 rings (SSSR count). The highest BCUT2D eigenvalue weighted by Gasteiger charge is 2.46. The molecule has 0 spiro atoms. The summed E-state index contributed by atoms with van der Waals surface area (Å²) in [6.45, 7) is 0. The van der Waals surface area contributed by atoms with Crippen molar-refractivity contribution in [2.45, 2.75) is 31.7 Å². The molecule has 1 aliphatic carbocycles. The molecule has 27 heavy (non-hydrogen) atoms.